The number of H-pyrrole nitrogens is 2. The third-order valence-corrected chi connectivity index (χ3v) is 2.84. The zero-order chi connectivity index (χ0) is 14.8. The summed E-state index contributed by atoms with van der Waals surface area (Å²) in [7, 11) is 1.63. The van der Waals surface area contributed by atoms with Gasteiger partial charge in [0.05, 0.1) is 23.7 Å². The molecule has 0 saturated heterocycles. The van der Waals surface area contributed by atoms with Gasteiger partial charge < -0.3 is 20.0 Å². The van der Waals surface area contributed by atoms with E-state index in [9.17, 15) is 18.0 Å². The molecule has 0 spiro atoms. The minimum absolute atomic E-state index is 0.115. The Morgan fingerprint density at radius 3 is 2.65 bits per heavy atom. The first-order valence-corrected chi connectivity index (χ1v) is 5.93. The first-order valence-electron chi connectivity index (χ1n) is 5.93. The molecule has 0 aliphatic heterocycles. The van der Waals surface area contributed by atoms with Crippen molar-refractivity contribution in [2.24, 2.45) is 0 Å². The fourth-order valence-corrected chi connectivity index (χ4v) is 1.91. The Bertz CT molecular complexity index is 633. The van der Waals surface area contributed by atoms with Crippen molar-refractivity contribution in [1.82, 2.24) is 15.3 Å². The van der Waals surface area contributed by atoms with Crippen LogP contribution in [-0.2, 0) is 4.74 Å². The standard InChI is InChI=1S/C12H14F3N3O2/c1-16-10(5-20-6-12(13,14)15)7-2-3-8-9(4-7)18-11(19)17-8/h2-4,10,16H,5-6H2,1H3,(H2,17,18,19). The fourth-order valence-electron chi connectivity index (χ4n) is 1.91. The van der Waals surface area contributed by atoms with Gasteiger partial charge in [0.25, 0.3) is 0 Å². The molecule has 2 aromatic rings. The van der Waals surface area contributed by atoms with E-state index in [2.05, 4.69) is 20.0 Å². The number of nitrogens with one attached hydrogen (secondary N) is 3. The molecule has 0 aliphatic carbocycles. The second-order valence-electron chi connectivity index (χ2n) is 4.36. The van der Waals surface area contributed by atoms with Crippen LogP contribution in [0.15, 0.2) is 23.0 Å². The van der Waals surface area contributed by atoms with E-state index in [1.54, 1.807) is 25.2 Å². The molecule has 5 nitrogen and oxygen atoms in total. The van der Waals surface area contributed by atoms with Gasteiger partial charge in [0.1, 0.15) is 6.61 Å². The molecule has 1 atom stereocenters. The van der Waals surface area contributed by atoms with Crippen LogP contribution in [0.5, 0.6) is 0 Å². The van der Waals surface area contributed by atoms with E-state index in [4.69, 9.17) is 0 Å². The van der Waals surface area contributed by atoms with E-state index in [1.165, 1.54) is 0 Å². The van der Waals surface area contributed by atoms with E-state index in [1.807, 2.05) is 0 Å². The van der Waals surface area contributed by atoms with Gasteiger partial charge in [-0.2, -0.15) is 13.2 Å². The second-order valence-corrected chi connectivity index (χ2v) is 4.36. The molecule has 0 aliphatic rings. The second kappa shape index (κ2) is 5.68. The van der Waals surface area contributed by atoms with Crippen molar-refractivity contribution in [2.45, 2.75) is 12.2 Å². The molecule has 2 rings (SSSR count). The van der Waals surface area contributed by atoms with Crippen molar-refractivity contribution in [2.75, 3.05) is 20.3 Å². The molecule has 20 heavy (non-hydrogen) atoms. The third kappa shape index (κ3) is 3.61. The highest BCUT2D eigenvalue weighted by Crippen LogP contribution is 2.19. The highest BCUT2D eigenvalue weighted by Gasteiger charge is 2.28. The number of hydrogen-bond donors (Lipinski definition) is 3. The highest BCUT2D eigenvalue weighted by atomic mass is 19.4. The fraction of sp³-hybridized carbons (Fsp3) is 0.417. The molecule has 8 heteroatoms. The van der Waals surface area contributed by atoms with Crippen molar-refractivity contribution in [3.05, 3.63) is 34.2 Å². The molecule has 0 amide bonds. The lowest BCUT2D eigenvalue weighted by Gasteiger charge is -2.17. The van der Waals surface area contributed by atoms with Gasteiger partial charge in [0.2, 0.25) is 0 Å². The van der Waals surface area contributed by atoms with Crippen molar-refractivity contribution < 1.29 is 17.9 Å². The van der Waals surface area contributed by atoms with Crippen LogP contribution in [-0.4, -0.2) is 36.4 Å². The van der Waals surface area contributed by atoms with Crippen molar-refractivity contribution in [3.63, 3.8) is 0 Å². The molecule has 0 radical (unpaired) electrons. The summed E-state index contributed by atoms with van der Waals surface area (Å²) in [6.07, 6.45) is -4.34. The largest absolute Gasteiger partial charge is 0.411 e. The predicted octanol–water partition coefficient (Wildman–Crippen LogP) is 1.70. The zero-order valence-electron chi connectivity index (χ0n) is 10.7. The van der Waals surface area contributed by atoms with Crippen molar-refractivity contribution >= 4 is 11.0 Å². The van der Waals surface area contributed by atoms with E-state index >= 15 is 0 Å². The first kappa shape index (κ1) is 14.6. The minimum Gasteiger partial charge on any atom is -0.370 e. The number of halogens is 3. The summed E-state index contributed by atoms with van der Waals surface area (Å²) < 4.78 is 40.8. The molecule has 3 N–H and O–H groups in total. The number of imidazole rings is 1. The van der Waals surface area contributed by atoms with Crippen LogP contribution in [0.25, 0.3) is 11.0 Å². The summed E-state index contributed by atoms with van der Waals surface area (Å²) in [6.45, 7) is -1.40. The van der Waals surface area contributed by atoms with Crippen molar-refractivity contribution in [1.29, 1.82) is 0 Å². The van der Waals surface area contributed by atoms with Gasteiger partial charge >= 0.3 is 11.9 Å². The number of aromatic amines is 2. The van der Waals surface area contributed by atoms with Gasteiger partial charge in [-0.3, -0.25) is 0 Å². The van der Waals surface area contributed by atoms with Crippen LogP contribution in [0.1, 0.15) is 11.6 Å². The van der Waals surface area contributed by atoms with E-state index < -0.39 is 12.8 Å². The Morgan fingerprint density at radius 2 is 2.00 bits per heavy atom. The normalized spacial score (nSPS) is 13.8. The molecule has 0 bridgehead atoms. The number of ether oxygens (including phenoxy) is 1. The topological polar surface area (TPSA) is 69.9 Å². The van der Waals surface area contributed by atoms with E-state index in [-0.39, 0.29) is 18.3 Å². The Balaban J connectivity index is 2.10. The maximum atomic E-state index is 12.0. The lowest BCUT2D eigenvalue weighted by molar-refractivity contribution is -0.175. The number of benzene rings is 1. The van der Waals surface area contributed by atoms with Crippen LogP contribution in [0.4, 0.5) is 13.2 Å². The van der Waals surface area contributed by atoms with Crippen LogP contribution in [0, 0.1) is 0 Å². The molecule has 1 aromatic carbocycles. The Morgan fingerprint density at radius 1 is 1.30 bits per heavy atom. The van der Waals surface area contributed by atoms with Gasteiger partial charge in [-0.15, -0.1) is 0 Å². The summed E-state index contributed by atoms with van der Waals surface area (Å²) in [6, 6.07) is 4.73. The van der Waals surface area contributed by atoms with Gasteiger partial charge in [0.15, 0.2) is 0 Å². The maximum absolute atomic E-state index is 12.0. The van der Waals surface area contributed by atoms with Gasteiger partial charge in [-0.1, -0.05) is 6.07 Å². The molecule has 0 saturated carbocycles. The van der Waals surface area contributed by atoms with Crippen LogP contribution in [0.3, 0.4) is 0 Å². The summed E-state index contributed by atoms with van der Waals surface area (Å²) in [5.74, 6) is 0. The van der Waals surface area contributed by atoms with Gasteiger partial charge in [-0.25, -0.2) is 4.79 Å². The molecule has 1 aromatic heterocycles. The van der Waals surface area contributed by atoms with Gasteiger partial charge in [0, 0.05) is 0 Å². The van der Waals surface area contributed by atoms with Crippen LogP contribution >= 0.6 is 0 Å². The van der Waals surface area contributed by atoms with Crippen LogP contribution in [0.2, 0.25) is 0 Å². The highest BCUT2D eigenvalue weighted by molar-refractivity contribution is 5.75. The number of rotatable bonds is 5. The third-order valence-electron chi connectivity index (χ3n) is 2.84. The predicted molar refractivity (Wildman–Crippen MR) is 67.6 cm³/mol. The quantitative estimate of drug-likeness (QED) is 0.784. The molecular formula is C12H14F3N3O2. The molecule has 1 heterocycles. The zero-order valence-corrected chi connectivity index (χ0v) is 10.7. The Hall–Kier alpha value is -1.80. The lowest BCUT2D eigenvalue weighted by atomic mass is 10.1. The van der Waals surface area contributed by atoms with Gasteiger partial charge in [-0.05, 0) is 24.7 Å². The summed E-state index contributed by atoms with van der Waals surface area (Å²) >= 11 is 0. The summed E-state index contributed by atoms with van der Waals surface area (Å²) in [5.41, 5.74) is 1.65. The molecule has 1 unspecified atom stereocenters. The van der Waals surface area contributed by atoms with Crippen LogP contribution < -0.4 is 11.0 Å². The Kier molecular flexibility index (Phi) is 4.15. The van der Waals surface area contributed by atoms with Crippen molar-refractivity contribution in [3.8, 4) is 0 Å². The average molecular weight is 289 g/mol. The molecule has 0 fully saturated rings. The number of likely N-dealkylation sites (N-methyl/N-ethyl adjacent to an activating group) is 1. The monoisotopic (exact) mass is 289 g/mol. The van der Waals surface area contributed by atoms with E-state index in [0.29, 0.717) is 11.0 Å². The molecule has 110 valence electrons. The number of aromatic nitrogens is 2. The number of fused-ring (bicyclic) bond motifs is 1. The number of hydrogen-bond acceptors (Lipinski definition) is 3. The summed E-state index contributed by atoms with van der Waals surface area (Å²) in [4.78, 5) is 16.3. The lowest BCUT2D eigenvalue weighted by Crippen LogP contribution is -2.25. The maximum Gasteiger partial charge on any atom is 0.411 e. The Labute approximate surface area is 112 Å². The average Bonchev–Trinajstić information content (AvgIpc) is 2.72. The first-order chi connectivity index (χ1) is 9.39. The molecular weight excluding hydrogens is 275 g/mol. The smallest absolute Gasteiger partial charge is 0.370 e. The van der Waals surface area contributed by atoms with E-state index in [0.717, 1.165) is 5.56 Å². The SMILES string of the molecule is CNC(COCC(F)(F)F)c1ccc2[nH]c(=O)[nH]c2c1. The minimum atomic E-state index is -4.34. The summed E-state index contributed by atoms with van der Waals surface area (Å²) in [5, 5.41) is 2.88. The number of alkyl halides is 3.